The third-order valence-corrected chi connectivity index (χ3v) is 4.21. The predicted molar refractivity (Wildman–Crippen MR) is 97.0 cm³/mol. The number of aromatic nitrogens is 4. The van der Waals surface area contributed by atoms with Gasteiger partial charge in [0, 0.05) is 25.7 Å². The summed E-state index contributed by atoms with van der Waals surface area (Å²) in [6.45, 7) is 0.144. The van der Waals surface area contributed by atoms with E-state index in [-0.39, 0.29) is 29.4 Å². The predicted octanol–water partition coefficient (Wildman–Crippen LogP) is 0.385. The zero-order valence-electron chi connectivity index (χ0n) is 14.5. The van der Waals surface area contributed by atoms with Crippen molar-refractivity contribution >= 4 is 34.4 Å². The number of rotatable bonds is 4. The summed E-state index contributed by atoms with van der Waals surface area (Å²) in [5.41, 5.74) is 7.18. The topological polar surface area (TPSA) is 158 Å². The minimum atomic E-state index is -1.27. The van der Waals surface area contributed by atoms with Crippen LogP contribution < -0.4 is 16.8 Å². The molecule has 0 fully saturated rings. The monoisotopic (exact) mass is 382 g/mol. The van der Waals surface area contributed by atoms with Gasteiger partial charge < -0.3 is 20.6 Å². The van der Waals surface area contributed by atoms with Crippen LogP contribution in [0.4, 0.5) is 5.82 Å². The average molecular weight is 382 g/mol. The summed E-state index contributed by atoms with van der Waals surface area (Å²) < 4.78 is 7.48. The van der Waals surface area contributed by atoms with Gasteiger partial charge in [0.25, 0.3) is 5.91 Å². The highest BCUT2D eigenvalue weighted by Crippen LogP contribution is 2.15. The van der Waals surface area contributed by atoms with Crippen molar-refractivity contribution in [1.82, 2.24) is 24.5 Å². The molecule has 0 unspecified atom stereocenters. The molecule has 1 amide bonds. The van der Waals surface area contributed by atoms with Gasteiger partial charge in [0.05, 0.1) is 5.52 Å². The number of carbonyl (C=O) groups excluding carboxylic acids is 1. The lowest BCUT2D eigenvalue weighted by molar-refractivity contribution is 0.0687. The summed E-state index contributed by atoms with van der Waals surface area (Å²) in [5, 5.41) is 15.9. The lowest BCUT2D eigenvalue weighted by Crippen LogP contribution is -2.25. The number of aromatic carboxylic acids is 1. The number of anilines is 1. The van der Waals surface area contributed by atoms with Crippen LogP contribution in [0.1, 0.15) is 26.5 Å². The summed E-state index contributed by atoms with van der Waals surface area (Å²) in [6.07, 6.45) is 0. The molecule has 4 N–H and O–H groups in total. The molecule has 4 aromatic rings. The number of nitrogens with one attached hydrogen (secondary N) is 1. The Morgan fingerprint density at radius 3 is 2.82 bits per heavy atom. The Bertz CT molecular complexity index is 1320. The number of carboxylic acid groups (broad SMARTS) is 1. The SMILES string of the molecule is Cn1c(=O)oc2ccc(CNC(=O)c3cc(C(=O)O)n4nc(N)cc4n3)cc21. The molecule has 0 saturated heterocycles. The lowest BCUT2D eigenvalue weighted by atomic mass is 10.2. The maximum absolute atomic E-state index is 12.5. The number of benzene rings is 1. The van der Waals surface area contributed by atoms with E-state index in [2.05, 4.69) is 15.4 Å². The first-order valence-electron chi connectivity index (χ1n) is 8.10. The fourth-order valence-corrected chi connectivity index (χ4v) is 2.82. The van der Waals surface area contributed by atoms with Crippen LogP contribution in [0.2, 0.25) is 0 Å². The first-order chi connectivity index (χ1) is 13.3. The number of carboxylic acids is 1. The summed E-state index contributed by atoms with van der Waals surface area (Å²) in [6, 6.07) is 7.57. The first-order valence-corrected chi connectivity index (χ1v) is 8.10. The van der Waals surface area contributed by atoms with E-state index in [9.17, 15) is 19.5 Å². The maximum Gasteiger partial charge on any atom is 0.419 e. The normalized spacial score (nSPS) is 11.2. The first kappa shape index (κ1) is 17.3. The second kappa shape index (κ2) is 6.23. The molecule has 3 aromatic heterocycles. The summed E-state index contributed by atoms with van der Waals surface area (Å²) >= 11 is 0. The van der Waals surface area contributed by atoms with E-state index in [1.165, 1.54) is 10.6 Å². The quantitative estimate of drug-likeness (QED) is 0.457. The van der Waals surface area contributed by atoms with E-state index in [1.54, 1.807) is 25.2 Å². The van der Waals surface area contributed by atoms with Gasteiger partial charge in [0.2, 0.25) is 0 Å². The van der Waals surface area contributed by atoms with Crippen molar-refractivity contribution < 1.29 is 19.1 Å². The third-order valence-electron chi connectivity index (χ3n) is 4.21. The Kier molecular flexibility index (Phi) is 3.84. The number of carbonyl (C=O) groups is 2. The Hall–Kier alpha value is -4.15. The van der Waals surface area contributed by atoms with Crippen molar-refractivity contribution in [2.24, 2.45) is 7.05 Å². The van der Waals surface area contributed by atoms with Gasteiger partial charge in [0.1, 0.15) is 11.5 Å². The highest BCUT2D eigenvalue weighted by molar-refractivity contribution is 5.96. The molecule has 0 bridgehead atoms. The number of hydrogen-bond acceptors (Lipinski definition) is 7. The van der Waals surface area contributed by atoms with Gasteiger partial charge in [-0.05, 0) is 17.7 Å². The van der Waals surface area contributed by atoms with Crippen molar-refractivity contribution in [3.8, 4) is 0 Å². The molecule has 0 spiro atoms. The van der Waals surface area contributed by atoms with E-state index < -0.39 is 17.6 Å². The molecule has 11 heteroatoms. The smallest absolute Gasteiger partial charge is 0.419 e. The molecule has 0 aliphatic heterocycles. The second-order valence-corrected chi connectivity index (χ2v) is 6.08. The van der Waals surface area contributed by atoms with Crippen LogP contribution in [0.3, 0.4) is 0 Å². The van der Waals surface area contributed by atoms with Crippen LogP contribution in [-0.4, -0.2) is 36.1 Å². The molecular formula is C17H14N6O5. The number of nitrogen functional groups attached to an aromatic ring is 1. The molecule has 0 radical (unpaired) electrons. The van der Waals surface area contributed by atoms with Crippen molar-refractivity contribution in [3.05, 3.63) is 57.8 Å². The number of oxazole rings is 1. The second-order valence-electron chi connectivity index (χ2n) is 6.08. The van der Waals surface area contributed by atoms with Crippen molar-refractivity contribution in [2.75, 3.05) is 5.73 Å². The fourth-order valence-electron chi connectivity index (χ4n) is 2.82. The molecule has 0 atom stereocenters. The number of nitrogens with two attached hydrogens (primary N) is 1. The highest BCUT2D eigenvalue weighted by Gasteiger charge is 2.18. The average Bonchev–Trinajstić information content (AvgIpc) is 3.17. The Labute approximate surface area is 156 Å². The Morgan fingerprint density at radius 1 is 1.29 bits per heavy atom. The standard InChI is InChI=1S/C17H14N6O5/c1-22-10-4-8(2-3-12(10)28-17(22)27)7-19-15(24)9-5-11(16(25)26)23-14(20-9)6-13(18)21-23/h2-6H,7H2,1H3,(H2,18,21)(H,19,24)(H,25,26). The molecule has 11 nitrogen and oxygen atoms in total. The van der Waals surface area contributed by atoms with Gasteiger partial charge in [0.15, 0.2) is 16.9 Å². The zero-order valence-corrected chi connectivity index (χ0v) is 14.5. The minimum Gasteiger partial charge on any atom is -0.477 e. The van der Waals surface area contributed by atoms with E-state index in [4.69, 9.17) is 10.2 Å². The number of amides is 1. The zero-order chi connectivity index (χ0) is 20.0. The van der Waals surface area contributed by atoms with Crippen molar-refractivity contribution in [2.45, 2.75) is 6.54 Å². The summed E-state index contributed by atoms with van der Waals surface area (Å²) in [4.78, 5) is 39.6. The van der Waals surface area contributed by atoms with Gasteiger partial charge >= 0.3 is 11.7 Å². The van der Waals surface area contributed by atoms with E-state index in [0.717, 1.165) is 16.1 Å². The molecule has 0 aliphatic carbocycles. The van der Waals surface area contributed by atoms with Gasteiger partial charge in [-0.3, -0.25) is 9.36 Å². The van der Waals surface area contributed by atoms with E-state index >= 15 is 0 Å². The van der Waals surface area contributed by atoms with E-state index in [1.807, 2.05) is 0 Å². The third kappa shape index (κ3) is 2.84. The van der Waals surface area contributed by atoms with Crippen molar-refractivity contribution in [1.29, 1.82) is 0 Å². The fraction of sp³-hybridized carbons (Fsp3) is 0.118. The van der Waals surface area contributed by atoms with Gasteiger partial charge in [-0.1, -0.05) is 6.07 Å². The molecule has 0 aliphatic rings. The van der Waals surface area contributed by atoms with E-state index in [0.29, 0.717) is 11.1 Å². The summed E-state index contributed by atoms with van der Waals surface area (Å²) in [7, 11) is 1.58. The largest absolute Gasteiger partial charge is 0.477 e. The Balaban J connectivity index is 1.61. The molecule has 142 valence electrons. The van der Waals surface area contributed by atoms with Crippen LogP contribution in [0.5, 0.6) is 0 Å². The number of fused-ring (bicyclic) bond motifs is 2. The highest BCUT2D eigenvalue weighted by atomic mass is 16.4. The van der Waals surface area contributed by atoms with Gasteiger partial charge in [-0.25, -0.2) is 19.1 Å². The molecule has 28 heavy (non-hydrogen) atoms. The molecule has 0 saturated carbocycles. The van der Waals surface area contributed by atoms with Crippen LogP contribution in [0.25, 0.3) is 16.7 Å². The van der Waals surface area contributed by atoms with Crippen LogP contribution in [0, 0.1) is 0 Å². The molecule has 3 heterocycles. The van der Waals surface area contributed by atoms with Crippen LogP contribution in [0.15, 0.2) is 39.5 Å². The molecule has 4 rings (SSSR count). The molecular weight excluding hydrogens is 368 g/mol. The van der Waals surface area contributed by atoms with Crippen LogP contribution >= 0.6 is 0 Å². The van der Waals surface area contributed by atoms with Crippen molar-refractivity contribution in [3.63, 3.8) is 0 Å². The summed E-state index contributed by atoms with van der Waals surface area (Å²) in [5.74, 6) is -2.22. The lowest BCUT2D eigenvalue weighted by Gasteiger charge is -2.07. The van der Waals surface area contributed by atoms with Gasteiger partial charge in [-0.2, -0.15) is 0 Å². The maximum atomic E-state index is 12.5. The molecule has 1 aromatic carbocycles. The number of nitrogens with zero attached hydrogens (tertiary/aromatic N) is 4. The van der Waals surface area contributed by atoms with Crippen LogP contribution in [-0.2, 0) is 13.6 Å². The minimum absolute atomic E-state index is 0.0819. The number of hydrogen-bond donors (Lipinski definition) is 3. The Morgan fingerprint density at radius 2 is 2.07 bits per heavy atom. The number of aryl methyl sites for hydroxylation is 1. The van der Waals surface area contributed by atoms with Gasteiger partial charge in [-0.15, -0.1) is 5.10 Å².